The molecule has 1 heterocycles. The van der Waals surface area contributed by atoms with Crippen LogP contribution in [0.15, 0.2) is 30.2 Å². The number of carbonyl (C=O) groups excluding carboxylic acids is 2. The lowest BCUT2D eigenvalue weighted by atomic mass is 9.92. The number of ether oxygens (including phenoxy) is 2. The Kier molecular flexibility index (Phi) is 10.1. The van der Waals surface area contributed by atoms with Gasteiger partial charge in [-0.15, -0.1) is 0 Å². The van der Waals surface area contributed by atoms with Gasteiger partial charge in [-0.2, -0.15) is 4.98 Å². The molecule has 3 N–H and O–H groups in total. The van der Waals surface area contributed by atoms with Crippen molar-refractivity contribution in [3.63, 3.8) is 0 Å². The van der Waals surface area contributed by atoms with Crippen molar-refractivity contribution in [1.82, 2.24) is 20.2 Å². The summed E-state index contributed by atoms with van der Waals surface area (Å²) in [6.07, 6.45) is 9.14. The molecule has 0 saturated heterocycles. The zero-order chi connectivity index (χ0) is 26.8. The molecule has 1 unspecified atom stereocenters. The summed E-state index contributed by atoms with van der Waals surface area (Å²) in [4.78, 5) is 34.1. The molecule has 0 fully saturated rings. The van der Waals surface area contributed by atoms with Crippen LogP contribution in [0.25, 0.3) is 0 Å². The Labute approximate surface area is 213 Å². The number of hydrogen-bond donors (Lipinski definition) is 3. The fourth-order valence-corrected chi connectivity index (χ4v) is 3.16. The van der Waals surface area contributed by atoms with E-state index in [1.54, 1.807) is 41.1 Å². The molecule has 10 heteroatoms. The third-order valence-electron chi connectivity index (χ3n) is 5.10. The molecule has 0 saturated carbocycles. The Hall–Kier alpha value is -3.74. The van der Waals surface area contributed by atoms with Gasteiger partial charge in [-0.05, 0) is 52.7 Å². The molecule has 36 heavy (non-hydrogen) atoms. The second-order valence-corrected chi connectivity index (χ2v) is 9.69. The number of rotatable bonds is 9. The van der Waals surface area contributed by atoms with E-state index in [9.17, 15) is 9.59 Å². The van der Waals surface area contributed by atoms with E-state index in [-0.39, 0.29) is 18.0 Å². The number of nitrogens with one attached hydrogen (secondary N) is 3. The highest BCUT2D eigenvalue weighted by Gasteiger charge is 2.25. The predicted octanol–water partition coefficient (Wildman–Crippen LogP) is 3.29. The number of hydrogen-bond acceptors (Lipinski definition) is 8. The molecule has 0 radical (unpaired) electrons. The molecule has 196 valence electrons. The molecule has 1 aliphatic carbocycles. The number of methoxy groups -OCH3 is 1. The van der Waals surface area contributed by atoms with Gasteiger partial charge in [0.1, 0.15) is 23.7 Å². The number of amides is 2. The summed E-state index contributed by atoms with van der Waals surface area (Å²) in [7, 11) is 4.94. The van der Waals surface area contributed by atoms with Gasteiger partial charge < -0.3 is 30.3 Å². The van der Waals surface area contributed by atoms with Crippen molar-refractivity contribution in [3.05, 3.63) is 35.7 Å². The van der Waals surface area contributed by atoms with E-state index in [1.165, 1.54) is 11.9 Å². The van der Waals surface area contributed by atoms with E-state index in [0.29, 0.717) is 36.7 Å². The van der Waals surface area contributed by atoms with Crippen molar-refractivity contribution >= 4 is 23.8 Å². The summed E-state index contributed by atoms with van der Waals surface area (Å²) in [6, 6.07) is 0. The Balaban J connectivity index is 1.88. The lowest BCUT2D eigenvalue weighted by Gasteiger charge is -2.30. The first kappa shape index (κ1) is 28.5. The molecular weight excluding hydrogens is 460 g/mol. The molecule has 0 aliphatic heterocycles. The SMILES string of the molecule is CNc1ncc(C#CCCCNC(=O)CN(C)C(=O)OC(C)(C)C)c(NC2(C)C=CC(OC)=CC2)n1. The van der Waals surface area contributed by atoms with Crippen molar-refractivity contribution in [3.8, 4) is 11.8 Å². The Morgan fingerprint density at radius 2 is 2.06 bits per heavy atom. The quantitative estimate of drug-likeness (QED) is 0.351. The average molecular weight is 499 g/mol. The summed E-state index contributed by atoms with van der Waals surface area (Å²) in [5.74, 6) is 7.98. The summed E-state index contributed by atoms with van der Waals surface area (Å²) < 4.78 is 10.5. The topological polar surface area (TPSA) is 118 Å². The number of unbranched alkanes of at least 4 members (excludes halogenated alkanes) is 1. The molecule has 0 spiro atoms. The summed E-state index contributed by atoms with van der Waals surface area (Å²) >= 11 is 0. The van der Waals surface area contributed by atoms with E-state index in [2.05, 4.69) is 44.7 Å². The van der Waals surface area contributed by atoms with E-state index in [1.807, 2.05) is 18.2 Å². The molecule has 2 amide bonds. The Morgan fingerprint density at radius 1 is 1.31 bits per heavy atom. The molecule has 1 aromatic rings. The van der Waals surface area contributed by atoms with Crippen molar-refractivity contribution in [1.29, 1.82) is 0 Å². The van der Waals surface area contributed by atoms with Crippen LogP contribution in [0, 0.1) is 11.8 Å². The molecule has 1 atom stereocenters. The Bertz CT molecular complexity index is 1050. The number of anilines is 2. The van der Waals surface area contributed by atoms with Gasteiger partial charge in [0.25, 0.3) is 0 Å². The summed E-state index contributed by atoms with van der Waals surface area (Å²) in [5, 5.41) is 9.23. The monoisotopic (exact) mass is 498 g/mol. The molecule has 0 bridgehead atoms. The number of likely N-dealkylation sites (N-methyl/N-ethyl adjacent to an activating group) is 1. The molecule has 2 rings (SSSR count). The zero-order valence-corrected chi connectivity index (χ0v) is 22.3. The third kappa shape index (κ3) is 9.49. The van der Waals surface area contributed by atoms with Crippen LogP contribution in [0.3, 0.4) is 0 Å². The molecule has 0 aromatic carbocycles. The van der Waals surface area contributed by atoms with Crippen molar-refractivity contribution in [2.75, 3.05) is 44.9 Å². The van der Waals surface area contributed by atoms with Crippen LogP contribution in [0.5, 0.6) is 0 Å². The molecule has 1 aromatic heterocycles. The lowest BCUT2D eigenvalue weighted by molar-refractivity contribution is -0.122. The van der Waals surface area contributed by atoms with Gasteiger partial charge in [0.15, 0.2) is 0 Å². The van der Waals surface area contributed by atoms with Crippen LogP contribution >= 0.6 is 0 Å². The number of nitrogens with zero attached hydrogens (tertiary/aromatic N) is 3. The smallest absolute Gasteiger partial charge is 0.410 e. The average Bonchev–Trinajstić information content (AvgIpc) is 2.81. The second-order valence-electron chi connectivity index (χ2n) is 9.69. The van der Waals surface area contributed by atoms with Crippen LogP contribution < -0.4 is 16.0 Å². The normalized spacial score (nSPS) is 16.7. The maximum Gasteiger partial charge on any atom is 0.410 e. The highest BCUT2D eigenvalue weighted by molar-refractivity contribution is 5.82. The molecule has 10 nitrogen and oxygen atoms in total. The summed E-state index contributed by atoms with van der Waals surface area (Å²) in [5.41, 5.74) is -0.258. The molecule has 1 aliphatic rings. The van der Waals surface area contributed by atoms with E-state index in [4.69, 9.17) is 9.47 Å². The van der Waals surface area contributed by atoms with Gasteiger partial charge in [0.05, 0.1) is 24.4 Å². The van der Waals surface area contributed by atoms with E-state index in [0.717, 1.165) is 12.2 Å². The van der Waals surface area contributed by atoms with Gasteiger partial charge in [-0.3, -0.25) is 4.79 Å². The number of allylic oxidation sites excluding steroid dienone is 1. The third-order valence-corrected chi connectivity index (χ3v) is 5.10. The van der Waals surface area contributed by atoms with Gasteiger partial charge >= 0.3 is 6.09 Å². The first-order valence-corrected chi connectivity index (χ1v) is 11.9. The van der Waals surface area contributed by atoms with E-state index < -0.39 is 11.7 Å². The summed E-state index contributed by atoms with van der Waals surface area (Å²) in [6.45, 7) is 7.80. The molecular formula is C26H38N6O4. The van der Waals surface area contributed by atoms with Crippen molar-refractivity contribution < 1.29 is 19.1 Å². The largest absolute Gasteiger partial charge is 0.497 e. The minimum absolute atomic E-state index is 0.0704. The first-order valence-electron chi connectivity index (χ1n) is 11.9. The fraction of sp³-hybridized carbons (Fsp3) is 0.538. The van der Waals surface area contributed by atoms with Gasteiger partial charge in [-0.1, -0.05) is 17.9 Å². The Morgan fingerprint density at radius 3 is 2.67 bits per heavy atom. The van der Waals surface area contributed by atoms with Crippen LogP contribution in [0.4, 0.5) is 16.6 Å². The van der Waals surface area contributed by atoms with E-state index >= 15 is 0 Å². The minimum Gasteiger partial charge on any atom is -0.497 e. The van der Waals surface area contributed by atoms with Crippen molar-refractivity contribution in [2.45, 2.75) is 58.1 Å². The van der Waals surface area contributed by atoms with Crippen LogP contribution in [-0.2, 0) is 14.3 Å². The highest BCUT2D eigenvalue weighted by atomic mass is 16.6. The first-order chi connectivity index (χ1) is 16.9. The second kappa shape index (κ2) is 12.8. The standard InChI is InChI=1S/C26H38N6O4/c1-25(2,3)36-24(34)32(6)18-21(33)28-16-10-8-9-11-19-17-29-23(27-5)30-22(19)31-26(4)14-12-20(35-7)13-15-26/h12-14,17H,8,10,15-16,18H2,1-7H3,(H,28,33)(H2,27,29,30,31). The maximum atomic E-state index is 12.1. The van der Waals surface area contributed by atoms with Gasteiger partial charge in [0, 0.05) is 27.1 Å². The zero-order valence-electron chi connectivity index (χ0n) is 22.3. The van der Waals surface area contributed by atoms with Crippen LogP contribution in [-0.4, -0.2) is 72.3 Å². The van der Waals surface area contributed by atoms with Gasteiger partial charge in [-0.25, -0.2) is 9.78 Å². The van der Waals surface area contributed by atoms with Gasteiger partial charge in [0.2, 0.25) is 11.9 Å². The number of carbonyl (C=O) groups is 2. The minimum atomic E-state index is -0.607. The van der Waals surface area contributed by atoms with Crippen LogP contribution in [0.1, 0.15) is 52.5 Å². The van der Waals surface area contributed by atoms with Crippen molar-refractivity contribution in [2.24, 2.45) is 0 Å². The number of aromatic nitrogens is 2. The predicted molar refractivity (Wildman–Crippen MR) is 140 cm³/mol. The fourth-order valence-electron chi connectivity index (χ4n) is 3.16. The highest BCUT2D eigenvalue weighted by Crippen LogP contribution is 2.26. The van der Waals surface area contributed by atoms with Crippen LogP contribution in [0.2, 0.25) is 0 Å². The maximum absolute atomic E-state index is 12.1. The lowest BCUT2D eigenvalue weighted by Crippen LogP contribution is -2.41.